The molecule has 1 aromatic rings. The molecule has 7 nitrogen and oxygen atoms in total. The Balaban J connectivity index is 2.10. The number of hydrogen-bond donors (Lipinski definition) is 1. The molecule has 0 spiro atoms. The molecule has 24 heavy (non-hydrogen) atoms. The molecule has 1 saturated heterocycles. The van der Waals surface area contributed by atoms with Crippen molar-refractivity contribution in [3.63, 3.8) is 0 Å². The lowest BCUT2D eigenvalue weighted by Crippen LogP contribution is -2.47. The summed E-state index contributed by atoms with van der Waals surface area (Å²) < 4.78 is 32.0. The molecule has 0 aromatic heterocycles. The highest BCUT2D eigenvalue weighted by Crippen LogP contribution is 2.21. The summed E-state index contributed by atoms with van der Waals surface area (Å²) in [4.78, 5) is 14.2. The van der Waals surface area contributed by atoms with Gasteiger partial charge >= 0.3 is 0 Å². The Morgan fingerprint density at radius 1 is 1.29 bits per heavy atom. The number of carbonyl (C=O) groups excluding carboxylic acids is 1. The molecule has 1 aromatic carbocycles. The number of nitrogens with one attached hydrogen (secondary N) is 1. The molecule has 1 heterocycles. The lowest BCUT2D eigenvalue weighted by Gasteiger charge is -2.31. The maximum absolute atomic E-state index is 12.7. The van der Waals surface area contributed by atoms with Gasteiger partial charge in [0.25, 0.3) is 0 Å². The third-order valence-corrected chi connectivity index (χ3v) is 5.99. The van der Waals surface area contributed by atoms with Gasteiger partial charge in [0.05, 0.1) is 17.4 Å². The van der Waals surface area contributed by atoms with Crippen LogP contribution in [-0.4, -0.2) is 70.0 Å². The van der Waals surface area contributed by atoms with Crippen LogP contribution in [0.4, 0.5) is 5.69 Å². The molecule has 1 aliphatic heterocycles. The largest absolute Gasteiger partial charge is 0.381 e. The van der Waals surface area contributed by atoms with Gasteiger partial charge in [0, 0.05) is 39.0 Å². The third kappa shape index (κ3) is 4.76. The first kappa shape index (κ1) is 18.9. The average molecular weight is 355 g/mol. The number of rotatable bonds is 6. The van der Waals surface area contributed by atoms with Crippen LogP contribution < -0.4 is 5.32 Å². The molecule has 1 atom stereocenters. The fourth-order valence-corrected chi connectivity index (χ4v) is 3.94. The smallest absolute Gasteiger partial charge is 0.243 e. The van der Waals surface area contributed by atoms with Crippen molar-refractivity contribution >= 4 is 21.6 Å². The van der Waals surface area contributed by atoms with Crippen LogP contribution in [0.2, 0.25) is 0 Å². The zero-order valence-corrected chi connectivity index (χ0v) is 15.2. The normalized spacial score (nSPS) is 18.3. The molecule has 0 bridgehead atoms. The number of amides is 1. The summed E-state index contributed by atoms with van der Waals surface area (Å²) in [5.74, 6) is -0.210. The topological polar surface area (TPSA) is 78.9 Å². The lowest BCUT2D eigenvalue weighted by molar-refractivity contribution is -0.118. The summed E-state index contributed by atoms with van der Waals surface area (Å²) in [7, 11) is -0.0246. The van der Waals surface area contributed by atoms with Crippen molar-refractivity contribution in [1.29, 1.82) is 0 Å². The lowest BCUT2D eigenvalue weighted by atomic mass is 10.2. The van der Waals surface area contributed by atoms with Gasteiger partial charge in [-0.3, -0.25) is 4.79 Å². The molecule has 134 valence electrons. The van der Waals surface area contributed by atoms with Crippen molar-refractivity contribution in [1.82, 2.24) is 9.21 Å². The first-order valence-electron chi connectivity index (χ1n) is 7.94. The number of methoxy groups -OCH3 is 1. The van der Waals surface area contributed by atoms with Crippen molar-refractivity contribution < 1.29 is 17.9 Å². The SMILES string of the molecule is COC(C)CC(=O)Nc1cccc(S(=O)(=O)N2CCN(C)CC2)c1. The van der Waals surface area contributed by atoms with Crippen LogP contribution in [0.25, 0.3) is 0 Å². The van der Waals surface area contributed by atoms with E-state index in [4.69, 9.17) is 4.74 Å². The van der Waals surface area contributed by atoms with Gasteiger partial charge in [0.1, 0.15) is 0 Å². The van der Waals surface area contributed by atoms with Crippen LogP contribution in [0.15, 0.2) is 29.2 Å². The monoisotopic (exact) mass is 355 g/mol. The van der Waals surface area contributed by atoms with Crippen molar-refractivity contribution in [3.05, 3.63) is 24.3 Å². The summed E-state index contributed by atoms with van der Waals surface area (Å²) in [5.41, 5.74) is 0.471. The van der Waals surface area contributed by atoms with Crippen LogP contribution in [0.1, 0.15) is 13.3 Å². The molecule has 0 saturated carbocycles. The van der Waals surface area contributed by atoms with Gasteiger partial charge in [-0.15, -0.1) is 0 Å². The maximum Gasteiger partial charge on any atom is 0.243 e. The molecule has 0 radical (unpaired) electrons. The zero-order chi connectivity index (χ0) is 17.7. The fourth-order valence-electron chi connectivity index (χ4n) is 2.47. The maximum atomic E-state index is 12.7. The van der Waals surface area contributed by atoms with Crippen molar-refractivity contribution in [2.24, 2.45) is 0 Å². The minimum absolute atomic E-state index is 0.192. The molecule has 0 aliphatic carbocycles. The van der Waals surface area contributed by atoms with E-state index in [0.29, 0.717) is 31.9 Å². The summed E-state index contributed by atoms with van der Waals surface area (Å²) >= 11 is 0. The highest BCUT2D eigenvalue weighted by atomic mass is 32.2. The number of sulfonamides is 1. The average Bonchev–Trinajstić information content (AvgIpc) is 2.55. The first-order valence-corrected chi connectivity index (χ1v) is 9.38. The molecule has 1 N–H and O–H groups in total. The number of ether oxygens (including phenoxy) is 1. The number of carbonyl (C=O) groups is 1. The summed E-state index contributed by atoms with van der Waals surface area (Å²) in [6.45, 7) is 4.17. The van der Waals surface area contributed by atoms with Gasteiger partial charge in [-0.05, 0) is 32.2 Å². The van der Waals surface area contributed by atoms with Crippen LogP contribution >= 0.6 is 0 Å². The second-order valence-electron chi connectivity index (χ2n) is 6.03. The Labute approximate surface area is 143 Å². The Morgan fingerprint density at radius 2 is 1.96 bits per heavy atom. The second-order valence-corrected chi connectivity index (χ2v) is 7.97. The van der Waals surface area contributed by atoms with E-state index in [9.17, 15) is 13.2 Å². The Bertz CT molecular complexity index is 670. The number of hydrogen-bond acceptors (Lipinski definition) is 5. The van der Waals surface area contributed by atoms with Gasteiger partial charge < -0.3 is 15.0 Å². The summed E-state index contributed by atoms with van der Waals surface area (Å²) in [6.07, 6.45) is 0.0219. The van der Waals surface area contributed by atoms with Crippen molar-refractivity contribution in [3.8, 4) is 0 Å². The van der Waals surface area contributed by atoms with Gasteiger partial charge in [-0.25, -0.2) is 8.42 Å². The van der Waals surface area contributed by atoms with E-state index in [0.717, 1.165) is 0 Å². The Kier molecular flexibility index (Phi) is 6.34. The van der Waals surface area contributed by atoms with Gasteiger partial charge in [0.2, 0.25) is 15.9 Å². The molecule has 1 amide bonds. The zero-order valence-electron chi connectivity index (χ0n) is 14.4. The highest BCUT2D eigenvalue weighted by Gasteiger charge is 2.27. The van der Waals surface area contributed by atoms with Gasteiger partial charge in [-0.2, -0.15) is 4.31 Å². The van der Waals surface area contributed by atoms with E-state index >= 15 is 0 Å². The fraction of sp³-hybridized carbons (Fsp3) is 0.562. The molecular weight excluding hydrogens is 330 g/mol. The number of nitrogens with zero attached hydrogens (tertiary/aromatic N) is 2. The molecule has 1 fully saturated rings. The Morgan fingerprint density at radius 3 is 2.58 bits per heavy atom. The number of likely N-dealkylation sites (N-methyl/N-ethyl adjacent to an activating group) is 1. The van der Waals surface area contributed by atoms with Gasteiger partial charge in [-0.1, -0.05) is 6.07 Å². The van der Waals surface area contributed by atoms with E-state index in [2.05, 4.69) is 10.2 Å². The first-order chi connectivity index (χ1) is 11.3. The van der Waals surface area contributed by atoms with Crippen LogP contribution in [0, 0.1) is 0 Å². The molecule has 1 unspecified atom stereocenters. The minimum atomic E-state index is -3.54. The summed E-state index contributed by atoms with van der Waals surface area (Å²) in [6, 6.07) is 6.38. The highest BCUT2D eigenvalue weighted by molar-refractivity contribution is 7.89. The Hall–Kier alpha value is -1.48. The van der Waals surface area contributed by atoms with E-state index in [1.165, 1.54) is 10.4 Å². The van der Waals surface area contributed by atoms with Crippen molar-refractivity contribution in [2.45, 2.75) is 24.3 Å². The minimum Gasteiger partial charge on any atom is -0.381 e. The third-order valence-electron chi connectivity index (χ3n) is 4.09. The number of benzene rings is 1. The molecular formula is C16H25N3O4S. The quantitative estimate of drug-likeness (QED) is 0.823. The van der Waals surface area contributed by atoms with E-state index < -0.39 is 10.0 Å². The van der Waals surface area contributed by atoms with Crippen LogP contribution in [-0.2, 0) is 19.6 Å². The molecule has 8 heteroatoms. The van der Waals surface area contributed by atoms with E-state index in [-0.39, 0.29) is 23.3 Å². The molecule has 1 aliphatic rings. The van der Waals surface area contributed by atoms with E-state index in [1.54, 1.807) is 32.2 Å². The van der Waals surface area contributed by atoms with Crippen LogP contribution in [0.5, 0.6) is 0 Å². The predicted molar refractivity (Wildman–Crippen MR) is 92.4 cm³/mol. The number of piperazine rings is 1. The van der Waals surface area contributed by atoms with Gasteiger partial charge in [0.15, 0.2) is 0 Å². The predicted octanol–water partition coefficient (Wildman–Crippen LogP) is 0.986. The van der Waals surface area contributed by atoms with E-state index in [1.807, 2.05) is 7.05 Å². The second kappa shape index (κ2) is 8.06. The van der Waals surface area contributed by atoms with Crippen molar-refractivity contribution in [2.75, 3.05) is 45.7 Å². The standard InChI is InChI=1S/C16H25N3O4S/c1-13(23-3)11-16(20)17-14-5-4-6-15(12-14)24(21,22)19-9-7-18(2)8-10-19/h4-6,12-13H,7-11H2,1-3H3,(H,17,20). The number of anilines is 1. The molecule has 2 rings (SSSR count). The summed E-state index contributed by atoms with van der Waals surface area (Å²) in [5, 5.41) is 2.72. The van der Waals surface area contributed by atoms with Crippen LogP contribution in [0.3, 0.4) is 0 Å².